The molecule has 0 heterocycles. The molecule has 0 aliphatic heterocycles. The average molecular weight is 297 g/mol. The highest BCUT2D eigenvalue weighted by Crippen LogP contribution is 2.28. The van der Waals surface area contributed by atoms with Gasteiger partial charge in [0.05, 0.1) is 5.92 Å². The van der Waals surface area contributed by atoms with Crippen LogP contribution in [0.1, 0.15) is 64.2 Å². The van der Waals surface area contributed by atoms with Gasteiger partial charge in [0, 0.05) is 6.04 Å². The van der Waals surface area contributed by atoms with E-state index in [1.165, 1.54) is 6.42 Å². The van der Waals surface area contributed by atoms with Crippen molar-refractivity contribution in [3.63, 3.8) is 0 Å². The molecule has 5 heteroatoms. The number of carbonyl (C=O) groups excluding carboxylic acids is 2. The van der Waals surface area contributed by atoms with E-state index in [9.17, 15) is 14.7 Å². The third kappa shape index (κ3) is 4.51. The summed E-state index contributed by atoms with van der Waals surface area (Å²) in [5.74, 6) is -1.41. The van der Waals surface area contributed by atoms with Crippen LogP contribution in [0.15, 0.2) is 0 Å². The Labute approximate surface area is 126 Å². The normalized spacial score (nSPS) is 24.3. The molecule has 2 fully saturated rings. The summed E-state index contributed by atoms with van der Waals surface area (Å²) in [5.41, 5.74) is 5.98. The van der Waals surface area contributed by atoms with Gasteiger partial charge in [-0.05, 0) is 31.6 Å². The Morgan fingerprint density at radius 2 is 1.48 bits per heavy atom. The molecule has 0 saturated heterocycles. The van der Waals surface area contributed by atoms with Gasteiger partial charge in [-0.3, -0.25) is 4.79 Å². The number of aliphatic hydroxyl groups excluding tert-OH is 1. The van der Waals surface area contributed by atoms with Gasteiger partial charge in [-0.15, -0.1) is 0 Å². The lowest BCUT2D eigenvalue weighted by molar-refractivity contribution is -0.170. The van der Waals surface area contributed by atoms with E-state index in [2.05, 4.69) is 0 Å². The quantitative estimate of drug-likeness (QED) is 0.611. The molecule has 0 aromatic rings. The molecule has 0 aromatic heterocycles. The molecule has 2 saturated carbocycles. The van der Waals surface area contributed by atoms with E-state index >= 15 is 0 Å². The van der Waals surface area contributed by atoms with E-state index in [1.54, 1.807) is 0 Å². The SMILES string of the molecule is N[C@H](C1CCCCC1)C(O)C(=O)OC(=O)C1CCCCC1. The zero-order chi connectivity index (χ0) is 15.2. The third-order valence-electron chi connectivity index (χ3n) is 4.94. The summed E-state index contributed by atoms with van der Waals surface area (Å²) in [4.78, 5) is 23.8. The van der Waals surface area contributed by atoms with Crippen LogP contribution in [0.5, 0.6) is 0 Å². The van der Waals surface area contributed by atoms with Crippen molar-refractivity contribution < 1.29 is 19.4 Å². The fraction of sp³-hybridized carbons (Fsp3) is 0.875. The highest BCUT2D eigenvalue weighted by Gasteiger charge is 2.34. The summed E-state index contributed by atoms with van der Waals surface area (Å²) in [6.07, 6.45) is 8.51. The molecule has 0 radical (unpaired) electrons. The maximum Gasteiger partial charge on any atom is 0.344 e. The van der Waals surface area contributed by atoms with Gasteiger partial charge in [0.25, 0.3) is 0 Å². The predicted molar refractivity (Wildman–Crippen MR) is 78.2 cm³/mol. The van der Waals surface area contributed by atoms with Gasteiger partial charge < -0.3 is 15.6 Å². The second-order valence-electron chi connectivity index (χ2n) is 6.50. The molecule has 3 N–H and O–H groups in total. The van der Waals surface area contributed by atoms with Gasteiger partial charge in [0.15, 0.2) is 6.10 Å². The number of ether oxygens (including phenoxy) is 1. The first-order valence-corrected chi connectivity index (χ1v) is 8.29. The smallest absolute Gasteiger partial charge is 0.344 e. The molecule has 1 unspecified atom stereocenters. The molecule has 120 valence electrons. The van der Waals surface area contributed by atoms with Gasteiger partial charge in [0.2, 0.25) is 0 Å². The zero-order valence-corrected chi connectivity index (χ0v) is 12.6. The Kier molecular flexibility index (Phi) is 6.18. The maximum atomic E-state index is 11.9. The third-order valence-corrected chi connectivity index (χ3v) is 4.94. The van der Waals surface area contributed by atoms with E-state index in [1.807, 2.05) is 0 Å². The molecular weight excluding hydrogens is 270 g/mol. The molecule has 2 aliphatic rings. The lowest BCUT2D eigenvalue weighted by Gasteiger charge is -2.29. The summed E-state index contributed by atoms with van der Waals surface area (Å²) in [6, 6.07) is -0.628. The summed E-state index contributed by atoms with van der Waals surface area (Å²) < 4.78 is 4.86. The first-order chi connectivity index (χ1) is 10.1. The Bertz CT molecular complexity index is 359. The lowest BCUT2D eigenvalue weighted by atomic mass is 9.82. The van der Waals surface area contributed by atoms with Gasteiger partial charge in [-0.1, -0.05) is 38.5 Å². The van der Waals surface area contributed by atoms with Gasteiger partial charge in [-0.25, -0.2) is 4.79 Å². The topological polar surface area (TPSA) is 89.6 Å². The van der Waals surface area contributed by atoms with Crippen LogP contribution in [0, 0.1) is 11.8 Å². The van der Waals surface area contributed by atoms with E-state index in [-0.39, 0.29) is 11.8 Å². The number of hydrogen-bond donors (Lipinski definition) is 2. The van der Waals surface area contributed by atoms with Crippen molar-refractivity contribution in [2.24, 2.45) is 17.6 Å². The summed E-state index contributed by atoms with van der Waals surface area (Å²) in [5, 5.41) is 10.0. The van der Waals surface area contributed by atoms with Crippen LogP contribution >= 0.6 is 0 Å². The van der Waals surface area contributed by atoms with Crippen molar-refractivity contribution in [2.45, 2.75) is 76.4 Å². The van der Waals surface area contributed by atoms with Crippen LogP contribution in [-0.2, 0) is 14.3 Å². The van der Waals surface area contributed by atoms with Crippen molar-refractivity contribution >= 4 is 11.9 Å². The van der Waals surface area contributed by atoms with E-state index in [4.69, 9.17) is 10.5 Å². The molecule has 0 amide bonds. The average Bonchev–Trinajstić information content (AvgIpc) is 2.55. The number of rotatable bonds is 4. The van der Waals surface area contributed by atoms with E-state index in [0.29, 0.717) is 0 Å². The minimum absolute atomic E-state index is 0.145. The number of hydrogen-bond acceptors (Lipinski definition) is 5. The minimum atomic E-state index is -1.39. The molecule has 5 nitrogen and oxygen atoms in total. The van der Waals surface area contributed by atoms with Crippen molar-refractivity contribution in [3.05, 3.63) is 0 Å². The fourth-order valence-corrected chi connectivity index (χ4v) is 3.52. The minimum Gasteiger partial charge on any atom is -0.391 e. The Balaban J connectivity index is 1.81. The molecule has 0 aromatic carbocycles. The summed E-state index contributed by atoms with van der Waals surface area (Å²) in [7, 11) is 0. The lowest BCUT2D eigenvalue weighted by Crippen LogP contribution is -2.47. The number of esters is 2. The molecule has 2 atom stereocenters. The van der Waals surface area contributed by atoms with Crippen LogP contribution in [0.3, 0.4) is 0 Å². The van der Waals surface area contributed by atoms with Crippen molar-refractivity contribution in [2.75, 3.05) is 0 Å². The number of carbonyl (C=O) groups is 2. The van der Waals surface area contributed by atoms with Crippen LogP contribution < -0.4 is 5.73 Å². The van der Waals surface area contributed by atoms with E-state index in [0.717, 1.165) is 57.8 Å². The second kappa shape index (κ2) is 7.90. The molecule has 0 spiro atoms. The highest BCUT2D eigenvalue weighted by atomic mass is 16.6. The van der Waals surface area contributed by atoms with Crippen molar-refractivity contribution in [1.29, 1.82) is 0 Å². The highest BCUT2D eigenvalue weighted by molar-refractivity contribution is 5.89. The van der Waals surface area contributed by atoms with Crippen LogP contribution in [0.25, 0.3) is 0 Å². The Morgan fingerprint density at radius 3 is 2.05 bits per heavy atom. The predicted octanol–water partition coefficient (Wildman–Crippen LogP) is 1.90. The monoisotopic (exact) mass is 297 g/mol. The maximum absolute atomic E-state index is 11.9. The van der Waals surface area contributed by atoms with Crippen LogP contribution in [0.2, 0.25) is 0 Å². The largest absolute Gasteiger partial charge is 0.391 e. The molecule has 2 rings (SSSR count). The fourth-order valence-electron chi connectivity index (χ4n) is 3.52. The van der Waals surface area contributed by atoms with Crippen molar-refractivity contribution in [3.8, 4) is 0 Å². The zero-order valence-electron chi connectivity index (χ0n) is 12.6. The Morgan fingerprint density at radius 1 is 0.952 bits per heavy atom. The number of aliphatic hydroxyl groups is 1. The molecule has 2 aliphatic carbocycles. The van der Waals surface area contributed by atoms with Gasteiger partial charge >= 0.3 is 11.9 Å². The van der Waals surface area contributed by atoms with Crippen LogP contribution in [-0.4, -0.2) is 29.2 Å². The Hall–Kier alpha value is -0.940. The van der Waals surface area contributed by atoms with Crippen molar-refractivity contribution in [1.82, 2.24) is 0 Å². The van der Waals surface area contributed by atoms with E-state index < -0.39 is 24.1 Å². The second-order valence-corrected chi connectivity index (χ2v) is 6.50. The van der Waals surface area contributed by atoms with Crippen LogP contribution in [0.4, 0.5) is 0 Å². The summed E-state index contributed by atoms with van der Waals surface area (Å²) in [6.45, 7) is 0. The summed E-state index contributed by atoms with van der Waals surface area (Å²) >= 11 is 0. The molecule has 0 bridgehead atoms. The van der Waals surface area contributed by atoms with Gasteiger partial charge in [0.1, 0.15) is 0 Å². The first-order valence-electron chi connectivity index (χ1n) is 8.29. The number of nitrogens with two attached hydrogens (primary N) is 1. The first kappa shape index (κ1) is 16.4. The van der Waals surface area contributed by atoms with Gasteiger partial charge in [-0.2, -0.15) is 0 Å². The standard InChI is InChI=1S/C16H27NO4/c17-13(11-7-3-1-4-8-11)14(18)16(20)21-15(19)12-9-5-2-6-10-12/h11-14,18H,1-10,17H2/t13-,14?/m1/s1. The molecular formula is C16H27NO4. The molecule has 21 heavy (non-hydrogen) atoms.